The van der Waals surface area contributed by atoms with Crippen LogP contribution in [0.25, 0.3) is 12.3 Å². The van der Waals surface area contributed by atoms with Crippen molar-refractivity contribution in [3.8, 4) is 0 Å². The van der Waals surface area contributed by atoms with Gasteiger partial charge in [0.15, 0.2) is 6.29 Å². The molecule has 0 spiro atoms. The standard InChI is InChI=1S/C11H17ClO10.2H2N.Pt/c12-11(9(17)18,10(19)20)1-2-21-8-7(16)6(15)5(14)4(3-13)22-8;;;/h4-8,13-16H,1-3H2,(H,17,18)(H,19,20);2*1H2;/q;2*-1;+2/t4-,5+,6+,7-,8?;;;/m1.../s1. The molecule has 5 atom stereocenters. The van der Waals surface area contributed by atoms with Crippen molar-refractivity contribution < 1.29 is 70.8 Å². The molecule has 1 heterocycles. The van der Waals surface area contributed by atoms with Crippen LogP contribution in [0.15, 0.2) is 0 Å². The maximum atomic E-state index is 10.8. The number of carboxylic acids is 2. The minimum atomic E-state index is -2.60. The summed E-state index contributed by atoms with van der Waals surface area (Å²) in [5.41, 5.74) is 0. The molecule has 25 heavy (non-hydrogen) atoms. The minimum absolute atomic E-state index is 0. The van der Waals surface area contributed by atoms with Gasteiger partial charge in [0.2, 0.25) is 4.87 Å². The van der Waals surface area contributed by atoms with Crippen LogP contribution < -0.4 is 0 Å². The van der Waals surface area contributed by atoms with E-state index in [0.717, 1.165) is 0 Å². The van der Waals surface area contributed by atoms with Gasteiger partial charge in [-0.1, -0.05) is 11.6 Å². The first-order valence-electron chi connectivity index (χ1n) is 6.23. The zero-order valence-corrected chi connectivity index (χ0v) is 15.7. The molecule has 12 nitrogen and oxygen atoms in total. The van der Waals surface area contributed by atoms with Gasteiger partial charge in [0, 0.05) is 6.42 Å². The second kappa shape index (κ2) is 12.1. The predicted molar refractivity (Wildman–Crippen MR) is 78.8 cm³/mol. The molecule has 0 amide bonds. The molecule has 0 aromatic rings. The molecule has 0 aromatic heterocycles. The number of alkyl halides is 1. The zero-order chi connectivity index (χ0) is 17.1. The second-order valence-electron chi connectivity index (χ2n) is 4.73. The van der Waals surface area contributed by atoms with Gasteiger partial charge in [0.1, 0.15) is 24.4 Å². The van der Waals surface area contributed by atoms with E-state index in [1.54, 1.807) is 0 Å². The number of aliphatic hydroxyl groups is 4. The van der Waals surface area contributed by atoms with E-state index < -0.39 is 67.2 Å². The molecule has 14 heteroatoms. The first-order chi connectivity index (χ1) is 10.1. The summed E-state index contributed by atoms with van der Waals surface area (Å²) in [6.45, 7) is -1.18. The summed E-state index contributed by atoms with van der Waals surface area (Å²) in [5, 5.41) is 55.3. The molecule has 0 aromatic carbocycles. The third-order valence-corrected chi connectivity index (χ3v) is 3.77. The Labute approximate surface area is 162 Å². The van der Waals surface area contributed by atoms with Gasteiger partial charge in [0.25, 0.3) is 0 Å². The Kier molecular flexibility index (Phi) is 14.2. The van der Waals surface area contributed by atoms with Crippen LogP contribution in [0.3, 0.4) is 0 Å². The van der Waals surface area contributed by atoms with Gasteiger partial charge >= 0.3 is 33.0 Å². The van der Waals surface area contributed by atoms with Crippen molar-refractivity contribution in [3.63, 3.8) is 0 Å². The van der Waals surface area contributed by atoms with E-state index in [-0.39, 0.29) is 33.4 Å². The van der Waals surface area contributed by atoms with Gasteiger partial charge in [0.05, 0.1) is 13.2 Å². The van der Waals surface area contributed by atoms with E-state index in [9.17, 15) is 24.9 Å². The van der Waals surface area contributed by atoms with Crippen molar-refractivity contribution >= 4 is 23.5 Å². The molecule has 1 unspecified atom stereocenters. The van der Waals surface area contributed by atoms with Gasteiger partial charge in [-0.3, -0.25) is 0 Å². The molecule has 1 saturated heterocycles. The molecule has 152 valence electrons. The van der Waals surface area contributed by atoms with Crippen molar-refractivity contribution in [2.45, 2.75) is 42.0 Å². The Bertz CT molecular complexity index is 416. The summed E-state index contributed by atoms with van der Waals surface area (Å²) in [4.78, 5) is 19.1. The van der Waals surface area contributed by atoms with Crippen molar-refractivity contribution in [2.75, 3.05) is 13.2 Å². The minimum Gasteiger partial charge on any atom is -0.693 e. The van der Waals surface area contributed by atoms with E-state index in [1.165, 1.54) is 0 Å². The normalized spacial score (nSPS) is 28.8. The Morgan fingerprint density at radius 3 is 1.92 bits per heavy atom. The molecular weight excluding hydrogens is 551 g/mol. The van der Waals surface area contributed by atoms with Crippen LogP contribution in [0.1, 0.15) is 6.42 Å². The number of rotatable bonds is 7. The van der Waals surface area contributed by atoms with Crippen molar-refractivity contribution in [2.24, 2.45) is 0 Å². The van der Waals surface area contributed by atoms with Gasteiger partial charge in [-0.15, -0.1) is 0 Å². The molecule has 1 aliphatic heterocycles. The quantitative estimate of drug-likeness (QED) is 0.157. The largest absolute Gasteiger partial charge is 2.00 e. The second-order valence-corrected chi connectivity index (χ2v) is 5.37. The Balaban J connectivity index is -0.00000161. The number of nitrogens with two attached hydrogens (primary N) is 2. The smallest absolute Gasteiger partial charge is 0.693 e. The number of halogens is 1. The Hall–Kier alpha value is -0.402. The first kappa shape index (κ1) is 29.4. The van der Waals surface area contributed by atoms with Crippen LogP contribution in [-0.2, 0) is 40.1 Å². The molecule has 1 aliphatic rings. The van der Waals surface area contributed by atoms with Crippen molar-refractivity contribution in [1.82, 2.24) is 0 Å². The van der Waals surface area contributed by atoms with Crippen LogP contribution in [-0.4, -0.2) is 91.4 Å². The van der Waals surface area contributed by atoms with Crippen LogP contribution in [0.5, 0.6) is 0 Å². The Morgan fingerprint density at radius 1 is 1.04 bits per heavy atom. The van der Waals surface area contributed by atoms with Crippen molar-refractivity contribution in [1.29, 1.82) is 0 Å². The number of aliphatic hydroxyl groups excluding tert-OH is 4. The molecule has 0 saturated carbocycles. The molecule has 0 bridgehead atoms. The van der Waals surface area contributed by atoms with Gasteiger partial charge in [-0.05, 0) is 0 Å². The van der Waals surface area contributed by atoms with Crippen LogP contribution in [0, 0.1) is 0 Å². The van der Waals surface area contributed by atoms with E-state index in [4.69, 9.17) is 36.4 Å². The fourth-order valence-electron chi connectivity index (χ4n) is 1.83. The average molecular weight is 572 g/mol. The van der Waals surface area contributed by atoms with Gasteiger partial charge in [-0.2, -0.15) is 0 Å². The zero-order valence-electron chi connectivity index (χ0n) is 12.7. The fraction of sp³-hybridized carbons (Fsp3) is 0.818. The molecule has 0 aliphatic carbocycles. The van der Waals surface area contributed by atoms with Crippen LogP contribution in [0.4, 0.5) is 0 Å². The van der Waals surface area contributed by atoms with E-state index >= 15 is 0 Å². The topological polar surface area (TPSA) is 241 Å². The van der Waals surface area contributed by atoms with E-state index in [1.807, 2.05) is 0 Å². The predicted octanol–water partition coefficient (Wildman–Crippen LogP) is -1.23. The molecule has 0 radical (unpaired) electrons. The maximum absolute atomic E-state index is 10.8. The third-order valence-electron chi connectivity index (χ3n) is 3.26. The third kappa shape index (κ3) is 6.68. The molecule has 1 rings (SSSR count). The number of aliphatic carboxylic acids is 2. The molecule has 10 N–H and O–H groups in total. The van der Waals surface area contributed by atoms with Gasteiger partial charge in [-0.25, -0.2) is 9.59 Å². The summed E-state index contributed by atoms with van der Waals surface area (Å²) in [6.07, 6.45) is -8.21. The number of hydrogen-bond donors (Lipinski definition) is 6. The van der Waals surface area contributed by atoms with Crippen LogP contribution in [0.2, 0.25) is 0 Å². The fourth-order valence-corrected chi connectivity index (χ4v) is 1.90. The number of carboxylic acid groups (broad SMARTS) is 2. The van der Waals surface area contributed by atoms with E-state index in [2.05, 4.69) is 0 Å². The molecular formula is C11H21ClN2O10Pt. The number of carbonyl (C=O) groups is 2. The van der Waals surface area contributed by atoms with E-state index in [0.29, 0.717) is 0 Å². The molecule has 1 fully saturated rings. The summed E-state index contributed by atoms with van der Waals surface area (Å²) in [5.74, 6) is -3.56. The summed E-state index contributed by atoms with van der Waals surface area (Å²) < 4.78 is 9.97. The Morgan fingerprint density at radius 2 is 1.52 bits per heavy atom. The first-order valence-corrected chi connectivity index (χ1v) is 6.60. The van der Waals surface area contributed by atoms with Gasteiger partial charge < -0.3 is 52.4 Å². The SMILES string of the molecule is O=C(O)C(Cl)(CCOC1O[C@H](CO)[C@H](O)[C@H](O)[C@H]1O)C(=O)O.[NH2-].[NH2-].[Pt+2]. The summed E-state index contributed by atoms with van der Waals surface area (Å²) >= 11 is 5.46. The average Bonchev–Trinajstić information content (AvgIpc) is 2.46. The monoisotopic (exact) mass is 571 g/mol. The number of hydrogen-bond acceptors (Lipinski definition) is 8. The van der Waals surface area contributed by atoms with Crippen LogP contribution >= 0.6 is 11.6 Å². The van der Waals surface area contributed by atoms with Crippen molar-refractivity contribution in [3.05, 3.63) is 12.3 Å². The summed E-state index contributed by atoms with van der Waals surface area (Å²) in [6, 6.07) is 0. The number of ether oxygens (including phenoxy) is 2. The maximum Gasteiger partial charge on any atom is 2.00 e. The summed E-state index contributed by atoms with van der Waals surface area (Å²) in [7, 11) is 0.